The van der Waals surface area contributed by atoms with E-state index in [0.717, 1.165) is 0 Å². The van der Waals surface area contributed by atoms with Crippen LogP contribution in [0.5, 0.6) is 0 Å². The molecule has 0 saturated carbocycles. The first-order chi connectivity index (χ1) is 19.4. The first-order valence-electron chi connectivity index (χ1n) is 13.3. The molecule has 0 radical (unpaired) electrons. The molecular formula is C36H22N2Se. The maximum atomic E-state index is 2.48. The van der Waals surface area contributed by atoms with E-state index in [1.807, 2.05) is 0 Å². The Labute approximate surface area is 230 Å². The summed E-state index contributed by atoms with van der Waals surface area (Å²) in [5.41, 5.74) is 7.66. The third-order valence-electron chi connectivity index (χ3n) is 8.12. The van der Waals surface area contributed by atoms with Crippen LogP contribution in [0.4, 0.5) is 0 Å². The van der Waals surface area contributed by atoms with Crippen molar-refractivity contribution in [2.45, 2.75) is 0 Å². The van der Waals surface area contributed by atoms with Crippen LogP contribution < -0.4 is 0 Å². The van der Waals surface area contributed by atoms with Gasteiger partial charge in [-0.2, -0.15) is 0 Å². The molecule has 9 aromatic rings. The number of nitrogens with zero attached hydrogens (tertiary/aromatic N) is 2. The first-order valence-corrected chi connectivity index (χ1v) is 15.0. The number of aromatic nitrogens is 2. The summed E-state index contributed by atoms with van der Waals surface area (Å²) in [7, 11) is 0. The van der Waals surface area contributed by atoms with E-state index in [4.69, 9.17) is 0 Å². The van der Waals surface area contributed by atoms with E-state index in [-0.39, 0.29) is 14.5 Å². The Hall–Kier alpha value is -4.56. The zero-order valence-corrected chi connectivity index (χ0v) is 22.7. The Morgan fingerprint density at radius 3 is 0.974 bits per heavy atom. The van der Waals surface area contributed by atoms with Gasteiger partial charge in [0.25, 0.3) is 0 Å². The molecule has 3 heterocycles. The van der Waals surface area contributed by atoms with Gasteiger partial charge in [0.2, 0.25) is 0 Å². The molecule has 6 aromatic carbocycles. The van der Waals surface area contributed by atoms with Gasteiger partial charge < -0.3 is 0 Å². The van der Waals surface area contributed by atoms with Crippen molar-refractivity contribution in [3.63, 3.8) is 0 Å². The summed E-state index contributed by atoms with van der Waals surface area (Å²) in [6.07, 6.45) is 0. The Morgan fingerprint density at radius 2 is 0.615 bits per heavy atom. The molecule has 3 heteroatoms. The average molecular weight is 562 g/mol. The third kappa shape index (κ3) is 2.86. The van der Waals surface area contributed by atoms with Gasteiger partial charge in [0.1, 0.15) is 0 Å². The van der Waals surface area contributed by atoms with Crippen molar-refractivity contribution >= 4 is 77.4 Å². The van der Waals surface area contributed by atoms with Crippen molar-refractivity contribution in [3.8, 4) is 11.4 Å². The molecule has 9 rings (SSSR count). The second-order valence-electron chi connectivity index (χ2n) is 10.1. The summed E-state index contributed by atoms with van der Waals surface area (Å²) in [5.74, 6) is 0. The molecule has 0 aliphatic rings. The quantitative estimate of drug-likeness (QED) is 0.186. The van der Waals surface area contributed by atoms with Gasteiger partial charge in [0.15, 0.2) is 0 Å². The van der Waals surface area contributed by atoms with E-state index in [9.17, 15) is 0 Å². The molecule has 0 fully saturated rings. The van der Waals surface area contributed by atoms with Crippen LogP contribution in [-0.2, 0) is 0 Å². The molecule has 0 saturated heterocycles. The van der Waals surface area contributed by atoms with Crippen molar-refractivity contribution in [1.82, 2.24) is 9.13 Å². The van der Waals surface area contributed by atoms with Gasteiger partial charge in [-0.25, -0.2) is 0 Å². The summed E-state index contributed by atoms with van der Waals surface area (Å²) >= 11 is 0.150. The van der Waals surface area contributed by atoms with E-state index >= 15 is 0 Å². The van der Waals surface area contributed by atoms with Gasteiger partial charge in [-0.3, -0.25) is 0 Å². The van der Waals surface area contributed by atoms with E-state index in [1.165, 1.54) is 74.3 Å². The topological polar surface area (TPSA) is 9.86 Å². The van der Waals surface area contributed by atoms with Gasteiger partial charge >= 0.3 is 231 Å². The Morgan fingerprint density at radius 1 is 0.308 bits per heavy atom. The fraction of sp³-hybridized carbons (Fsp3) is 0. The predicted molar refractivity (Wildman–Crippen MR) is 167 cm³/mol. The molecular weight excluding hydrogens is 539 g/mol. The molecule has 2 nitrogen and oxygen atoms in total. The number of hydrogen-bond donors (Lipinski definition) is 0. The average Bonchev–Trinajstić information content (AvgIpc) is 3.65. The van der Waals surface area contributed by atoms with Crippen LogP contribution in [0.3, 0.4) is 0 Å². The second kappa shape index (κ2) is 7.97. The SMILES string of the molecule is c1cc(-n2c3ccccc3c3ccccc32)c2[se]c3c(-n4c5ccccc5c5ccccc54)cccc3c2c1. The molecule has 0 amide bonds. The van der Waals surface area contributed by atoms with E-state index in [0.29, 0.717) is 0 Å². The van der Waals surface area contributed by atoms with Crippen molar-refractivity contribution in [3.05, 3.63) is 133 Å². The molecule has 182 valence electrons. The van der Waals surface area contributed by atoms with Gasteiger partial charge in [0, 0.05) is 0 Å². The predicted octanol–water partition coefficient (Wildman–Crippen LogP) is 9.24. The van der Waals surface area contributed by atoms with Crippen LogP contribution in [0.15, 0.2) is 133 Å². The van der Waals surface area contributed by atoms with Crippen molar-refractivity contribution in [1.29, 1.82) is 0 Å². The van der Waals surface area contributed by atoms with E-state index in [1.54, 1.807) is 0 Å². The van der Waals surface area contributed by atoms with Crippen LogP contribution in [0, 0.1) is 0 Å². The molecule has 0 bridgehead atoms. The Kier molecular flexibility index (Phi) is 4.37. The second-order valence-corrected chi connectivity index (χ2v) is 12.3. The van der Waals surface area contributed by atoms with Crippen molar-refractivity contribution < 1.29 is 0 Å². The molecule has 0 atom stereocenters. The Bertz CT molecular complexity index is 2120. The third-order valence-corrected chi connectivity index (χ3v) is 10.8. The minimum absolute atomic E-state index is 0.150. The molecule has 0 aliphatic heterocycles. The normalized spacial score (nSPS) is 12.1. The summed E-state index contributed by atoms with van der Waals surface area (Å²) in [4.78, 5) is 0. The monoisotopic (exact) mass is 562 g/mol. The van der Waals surface area contributed by atoms with Crippen LogP contribution in [0.1, 0.15) is 0 Å². The molecule has 0 unspecified atom stereocenters. The number of hydrogen-bond acceptors (Lipinski definition) is 0. The van der Waals surface area contributed by atoms with Crippen LogP contribution >= 0.6 is 0 Å². The molecule has 0 spiro atoms. The van der Waals surface area contributed by atoms with Gasteiger partial charge in [-0.15, -0.1) is 0 Å². The summed E-state index contributed by atoms with van der Waals surface area (Å²) in [5, 5.41) is 7.96. The summed E-state index contributed by atoms with van der Waals surface area (Å²) in [6, 6.07) is 48.9. The van der Waals surface area contributed by atoms with Crippen LogP contribution in [0.2, 0.25) is 0 Å². The minimum atomic E-state index is 0.150. The fourth-order valence-electron chi connectivity index (χ4n) is 6.51. The molecule has 0 N–H and O–H groups in total. The number of para-hydroxylation sites is 4. The van der Waals surface area contributed by atoms with Crippen molar-refractivity contribution in [2.75, 3.05) is 0 Å². The summed E-state index contributed by atoms with van der Waals surface area (Å²) < 4.78 is 7.88. The zero-order valence-electron chi connectivity index (χ0n) is 21.0. The van der Waals surface area contributed by atoms with Gasteiger partial charge in [-0.1, -0.05) is 0 Å². The van der Waals surface area contributed by atoms with E-state index in [2.05, 4.69) is 143 Å². The number of rotatable bonds is 2. The first kappa shape index (κ1) is 21.4. The summed E-state index contributed by atoms with van der Waals surface area (Å²) in [6.45, 7) is 0. The standard InChI is InChI=1S/C36H22N2Se/c1-5-17-29-23(11-1)24-12-2-6-18-30(24)37(29)33-21-9-15-27-28-16-10-22-34(36(28)39-35(27)33)38-31-19-7-3-13-25(31)26-14-4-8-20-32(26)38/h1-22H. The molecule has 0 aliphatic carbocycles. The van der Waals surface area contributed by atoms with Gasteiger partial charge in [-0.05, 0) is 0 Å². The van der Waals surface area contributed by atoms with Crippen LogP contribution in [0.25, 0.3) is 74.3 Å². The maximum absolute atomic E-state index is 2.48. The fourth-order valence-corrected chi connectivity index (χ4v) is 9.25. The van der Waals surface area contributed by atoms with Crippen molar-refractivity contribution in [2.24, 2.45) is 0 Å². The number of fused-ring (bicyclic) bond motifs is 9. The number of benzene rings is 6. The van der Waals surface area contributed by atoms with E-state index < -0.39 is 0 Å². The Balaban J connectivity index is 1.41. The molecule has 3 aromatic heterocycles. The molecule has 39 heavy (non-hydrogen) atoms. The van der Waals surface area contributed by atoms with Crippen LogP contribution in [-0.4, -0.2) is 23.6 Å². The zero-order chi connectivity index (χ0) is 25.5. The van der Waals surface area contributed by atoms with Gasteiger partial charge in [0.05, 0.1) is 0 Å².